The van der Waals surface area contributed by atoms with Crippen molar-refractivity contribution in [3.8, 4) is 22.8 Å². The Kier molecular flexibility index (Phi) is 3.61. The Labute approximate surface area is 104 Å². The van der Waals surface area contributed by atoms with Crippen molar-refractivity contribution in [1.29, 1.82) is 0 Å². The van der Waals surface area contributed by atoms with Gasteiger partial charge in [0.2, 0.25) is 0 Å². The van der Waals surface area contributed by atoms with Crippen LogP contribution in [0.5, 0.6) is 11.5 Å². The lowest BCUT2D eigenvalue weighted by Crippen LogP contribution is -1.92. The predicted octanol–water partition coefficient (Wildman–Crippen LogP) is 2.29. The van der Waals surface area contributed by atoms with E-state index in [4.69, 9.17) is 15.2 Å². The van der Waals surface area contributed by atoms with Gasteiger partial charge in [0.05, 0.1) is 19.9 Å². The van der Waals surface area contributed by atoms with Gasteiger partial charge in [0, 0.05) is 17.0 Å². The summed E-state index contributed by atoms with van der Waals surface area (Å²) in [7, 11) is 3.24. The molecule has 2 N–H and O–H groups in total. The van der Waals surface area contributed by atoms with E-state index in [1.165, 1.54) is 11.5 Å². The van der Waals surface area contributed by atoms with Crippen molar-refractivity contribution in [3.05, 3.63) is 29.1 Å². The van der Waals surface area contributed by atoms with Crippen LogP contribution < -0.4 is 15.2 Å². The molecule has 0 aliphatic heterocycles. The smallest absolute Gasteiger partial charge is 0.161 e. The molecule has 0 radical (unpaired) electrons. The molecule has 0 bridgehead atoms. The molecule has 0 atom stereocenters. The van der Waals surface area contributed by atoms with Gasteiger partial charge in [-0.3, -0.25) is 0 Å². The minimum atomic E-state index is 0.519. The maximum absolute atomic E-state index is 5.57. The number of hydrogen-bond donors (Lipinski definition) is 1. The average molecular weight is 250 g/mol. The zero-order valence-electron chi connectivity index (χ0n) is 9.77. The molecule has 1 aromatic carbocycles. The van der Waals surface area contributed by atoms with Gasteiger partial charge in [0.15, 0.2) is 11.5 Å². The lowest BCUT2D eigenvalue weighted by Gasteiger charge is -2.08. The van der Waals surface area contributed by atoms with Crippen LogP contribution in [0.15, 0.2) is 24.3 Å². The molecule has 0 spiro atoms. The van der Waals surface area contributed by atoms with Crippen molar-refractivity contribution in [1.82, 2.24) is 4.37 Å². The first kappa shape index (κ1) is 11.9. The summed E-state index contributed by atoms with van der Waals surface area (Å²) in [5.74, 6) is 1.41. The normalized spacial score (nSPS) is 10.3. The maximum Gasteiger partial charge on any atom is 0.161 e. The molecule has 2 aromatic rings. The molecule has 0 aliphatic rings. The quantitative estimate of drug-likeness (QED) is 0.904. The number of hydrogen-bond acceptors (Lipinski definition) is 5. The highest BCUT2D eigenvalue weighted by atomic mass is 32.1. The third-order valence-electron chi connectivity index (χ3n) is 2.44. The number of methoxy groups -OCH3 is 2. The Morgan fingerprint density at radius 2 is 1.94 bits per heavy atom. The summed E-state index contributed by atoms with van der Waals surface area (Å²) in [5, 5.41) is 0. The summed E-state index contributed by atoms with van der Waals surface area (Å²) in [6.07, 6.45) is 0. The lowest BCUT2D eigenvalue weighted by atomic mass is 10.1. The highest BCUT2D eigenvalue weighted by Crippen LogP contribution is 2.32. The second kappa shape index (κ2) is 5.16. The van der Waals surface area contributed by atoms with Crippen molar-refractivity contribution in [2.75, 3.05) is 14.2 Å². The molecule has 1 heterocycles. The zero-order valence-corrected chi connectivity index (χ0v) is 10.6. The Hall–Kier alpha value is -1.59. The third-order valence-corrected chi connectivity index (χ3v) is 3.25. The SMILES string of the molecule is COc1ccc(-c2cc(CN)sn2)cc1OC. The molecule has 0 saturated carbocycles. The minimum Gasteiger partial charge on any atom is -0.493 e. The van der Waals surface area contributed by atoms with Gasteiger partial charge < -0.3 is 15.2 Å². The monoisotopic (exact) mass is 250 g/mol. The predicted molar refractivity (Wildman–Crippen MR) is 68.5 cm³/mol. The number of ether oxygens (including phenoxy) is 2. The van der Waals surface area contributed by atoms with Gasteiger partial charge in [-0.05, 0) is 35.8 Å². The molecule has 0 fully saturated rings. The van der Waals surface area contributed by atoms with Crippen molar-refractivity contribution in [2.24, 2.45) is 5.73 Å². The molecule has 0 saturated heterocycles. The van der Waals surface area contributed by atoms with E-state index in [9.17, 15) is 0 Å². The molecule has 2 rings (SSSR count). The third kappa shape index (κ3) is 2.40. The van der Waals surface area contributed by atoms with Crippen LogP contribution in [0.3, 0.4) is 0 Å². The Bertz CT molecular complexity index is 511. The lowest BCUT2D eigenvalue weighted by molar-refractivity contribution is 0.355. The van der Waals surface area contributed by atoms with Gasteiger partial charge in [-0.15, -0.1) is 0 Å². The van der Waals surface area contributed by atoms with E-state index in [-0.39, 0.29) is 0 Å². The average Bonchev–Trinajstić information content (AvgIpc) is 2.86. The molecule has 17 heavy (non-hydrogen) atoms. The molecular weight excluding hydrogens is 236 g/mol. The van der Waals surface area contributed by atoms with Crippen LogP contribution in [0.25, 0.3) is 11.3 Å². The molecule has 90 valence electrons. The molecule has 1 aromatic heterocycles. The van der Waals surface area contributed by atoms with E-state index in [0.29, 0.717) is 18.0 Å². The summed E-state index contributed by atoms with van der Waals surface area (Å²) in [5.41, 5.74) is 7.48. The molecular formula is C12H14N2O2S. The van der Waals surface area contributed by atoms with Crippen LogP contribution in [0, 0.1) is 0 Å². The highest BCUT2D eigenvalue weighted by Gasteiger charge is 2.08. The largest absolute Gasteiger partial charge is 0.493 e. The molecule has 0 unspecified atom stereocenters. The zero-order chi connectivity index (χ0) is 12.3. The van der Waals surface area contributed by atoms with Gasteiger partial charge in [0.25, 0.3) is 0 Å². The van der Waals surface area contributed by atoms with Crippen molar-refractivity contribution in [2.45, 2.75) is 6.54 Å². The summed E-state index contributed by atoms with van der Waals surface area (Å²) >= 11 is 1.42. The topological polar surface area (TPSA) is 57.4 Å². The maximum atomic E-state index is 5.57. The molecule has 0 aliphatic carbocycles. The van der Waals surface area contributed by atoms with Gasteiger partial charge in [-0.2, -0.15) is 4.37 Å². The van der Waals surface area contributed by atoms with Crippen LogP contribution in [0.1, 0.15) is 4.88 Å². The van der Waals surface area contributed by atoms with E-state index >= 15 is 0 Å². The first-order valence-electron chi connectivity index (χ1n) is 5.16. The van der Waals surface area contributed by atoms with E-state index in [1.54, 1.807) is 14.2 Å². The summed E-state index contributed by atoms with van der Waals surface area (Å²) in [4.78, 5) is 1.06. The van der Waals surface area contributed by atoms with Crippen LogP contribution in [0.2, 0.25) is 0 Å². The fourth-order valence-corrected chi connectivity index (χ4v) is 2.15. The molecule has 4 nitrogen and oxygen atoms in total. The fourth-order valence-electron chi connectivity index (χ4n) is 1.54. The first-order chi connectivity index (χ1) is 8.28. The number of aromatic nitrogens is 1. The summed E-state index contributed by atoms with van der Waals surface area (Å²) in [6, 6.07) is 7.73. The van der Waals surface area contributed by atoms with Gasteiger partial charge in [-0.1, -0.05) is 0 Å². The van der Waals surface area contributed by atoms with Crippen molar-refractivity contribution in [3.63, 3.8) is 0 Å². The van der Waals surface area contributed by atoms with E-state index in [0.717, 1.165) is 16.1 Å². The van der Waals surface area contributed by atoms with Crippen molar-refractivity contribution >= 4 is 11.5 Å². The Morgan fingerprint density at radius 3 is 2.53 bits per heavy atom. The number of rotatable bonds is 4. The fraction of sp³-hybridized carbons (Fsp3) is 0.250. The van der Waals surface area contributed by atoms with E-state index in [2.05, 4.69) is 4.37 Å². The van der Waals surface area contributed by atoms with Crippen LogP contribution in [-0.2, 0) is 6.54 Å². The van der Waals surface area contributed by atoms with Gasteiger partial charge in [-0.25, -0.2) is 0 Å². The van der Waals surface area contributed by atoms with Gasteiger partial charge >= 0.3 is 0 Å². The molecule has 5 heteroatoms. The number of nitrogens with two attached hydrogens (primary N) is 1. The first-order valence-corrected chi connectivity index (χ1v) is 5.94. The van der Waals surface area contributed by atoms with Crippen LogP contribution in [0.4, 0.5) is 0 Å². The second-order valence-corrected chi connectivity index (χ2v) is 4.34. The molecule has 0 amide bonds. The van der Waals surface area contributed by atoms with Crippen LogP contribution in [-0.4, -0.2) is 18.6 Å². The standard InChI is InChI=1S/C12H14N2O2S/c1-15-11-4-3-8(5-12(11)16-2)10-6-9(7-13)17-14-10/h3-6H,7,13H2,1-2H3. The summed E-state index contributed by atoms with van der Waals surface area (Å²) in [6.45, 7) is 0.519. The number of benzene rings is 1. The summed E-state index contributed by atoms with van der Waals surface area (Å²) < 4.78 is 14.8. The second-order valence-electron chi connectivity index (χ2n) is 3.45. The van der Waals surface area contributed by atoms with Crippen LogP contribution >= 0.6 is 11.5 Å². The number of nitrogens with zero attached hydrogens (tertiary/aromatic N) is 1. The van der Waals surface area contributed by atoms with Gasteiger partial charge in [0.1, 0.15) is 0 Å². The Morgan fingerprint density at radius 1 is 1.18 bits per heavy atom. The highest BCUT2D eigenvalue weighted by molar-refractivity contribution is 7.06. The Balaban J connectivity index is 2.38. The minimum absolute atomic E-state index is 0.519. The van der Waals surface area contributed by atoms with Crippen molar-refractivity contribution < 1.29 is 9.47 Å². The van der Waals surface area contributed by atoms with E-state index < -0.39 is 0 Å². The van der Waals surface area contributed by atoms with E-state index in [1.807, 2.05) is 24.3 Å².